The van der Waals surface area contributed by atoms with E-state index in [2.05, 4.69) is 0 Å². The molecule has 1 fully saturated rings. The van der Waals surface area contributed by atoms with Crippen LogP contribution in [-0.4, -0.2) is 16.7 Å². The summed E-state index contributed by atoms with van der Waals surface area (Å²) < 4.78 is 40.9. The van der Waals surface area contributed by atoms with E-state index in [4.69, 9.17) is 0 Å². The lowest BCUT2D eigenvalue weighted by Crippen LogP contribution is -2.63. The smallest absolute Gasteiger partial charge is 0.319 e. The molecule has 0 saturated carbocycles. The standard InChI is InChI=1S/C16H12F3NO/c17-13-8-4-7-12(9-13)14-16(18,19)15(21)20(14)10-11-5-2-1-3-6-11/h1-9,14H,10H2/t14-/m0/s1. The van der Waals surface area contributed by atoms with Gasteiger partial charge in [-0.05, 0) is 23.3 Å². The van der Waals surface area contributed by atoms with Gasteiger partial charge in [0.25, 0.3) is 5.91 Å². The quantitative estimate of drug-likeness (QED) is 0.792. The van der Waals surface area contributed by atoms with Gasteiger partial charge in [0.15, 0.2) is 0 Å². The minimum atomic E-state index is -3.48. The number of alkyl halides is 2. The molecule has 0 aromatic heterocycles. The van der Waals surface area contributed by atoms with Gasteiger partial charge in [-0.1, -0.05) is 42.5 Å². The zero-order valence-corrected chi connectivity index (χ0v) is 11.0. The van der Waals surface area contributed by atoms with Crippen LogP contribution in [0.15, 0.2) is 54.6 Å². The summed E-state index contributed by atoms with van der Waals surface area (Å²) in [6, 6.07) is 12.5. The lowest BCUT2D eigenvalue weighted by molar-refractivity contribution is -0.207. The summed E-state index contributed by atoms with van der Waals surface area (Å²) in [4.78, 5) is 12.7. The van der Waals surface area contributed by atoms with Crippen LogP contribution in [0, 0.1) is 5.82 Å². The molecular weight excluding hydrogens is 279 g/mol. The molecular formula is C16H12F3NO. The number of nitrogens with zero attached hydrogens (tertiary/aromatic N) is 1. The third-order valence-corrected chi connectivity index (χ3v) is 3.56. The first-order valence-electron chi connectivity index (χ1n) is 6.48. The van der Waals surface area contributed by atoms with Gasteiger partial charge in [0, 0.05) is 6.54 Å². The second-order valence-electron chi connectivity index (χ2n) is 5.00. The van der Waals surface area contributed by atoms with Crippen LogP contribution in [0.5, 0.6) is 0 Å². The Hall–Kier alpha value is -2.30. The Morgan fingerprint density at radius 3 is 2.43 bits per heavy atom. The van der Waals surface area contributed by atoms with Crippen molar-refractivity contribution in [2.45, 2.75) is 18.5 Å². The average molecular weight is 291 g/mol. The highest BCUT2D eigenvalue weighted by Gasteiger charge is 2.63. The summed E-state index contributed by atoms with van der Waals surface area (Å²) in [6.07, 6.45) is 0. The predicted molar refractivity (Wildman–Crippen MR) is 71.1 cm³/mol. The number of carbonyl (C=O) groups excluding carboxylic acids is 1. The topological polar surface area (TPSA) is 20.3 Å². The van der Waals surface area contributed by atoms with E-state index in [-0.39, 0.29) is 12.1 Å². The van der Waals surface area contributed by atoms with Gasteiger partial charge in [-0.15, -0.1) is 0 Å². The third-order valence-electron chi connectivity index (χ3n) is 3.56. The van der Waals surface area contributed by atoms with Crippen LogP contribution in [0.1, 0.15) is 17.2 Å². The monoisotopic (exact) mass is 291 g/mol. The number of likely N-dealkylation sites (tertiary alicyclic amines) is 1. The summed E-state index contributed by atoms with van der Waals surface area (Å²) in [5.74, 6) is -5.30. The summed E-state index contributed by atoms with van der Waals surface area (Å²) in [7, 11) is 0. The van der Waals surface area contributed by atoms with Crippen molar-refractivity contribution < 1.29 is 18.0 Å². The highest BCUT2D eigenvalue weighted by molar-refractivity contribution is 5.91. The van der Waals surface area contributed by atoms with Crippen LogP contribution in [0.4, 0.5) is 13.2 Å². The number of halogens is 3. The molecule has 1 aliphatic rings. The Bertz CT molecular complexity index is 672. The zero-order valence-electron chi connectivity index (χ0n) is 11.0. The molecule has 5 heteroatoms. The fourth-order valence-electron chi connectivity index (χ4n) is 2.56. The molecule has 1 heterocycles. The van der Waals surface area contributed by atoms with Gasteiger partial charge in [-0.25, -0.2) is 4.39 Å². The Labute approximate surface area is 119 Å². The minimum Gasteiger partial charge on any atom is -0.319 e. The molecule has 0 bridgehead atoms. The zero-order chi connectivity index (χ0) is 15.0. The molecule has 3 rings (SSSR count). The lowest BCUT2D eigenvalue weighted by atomic mass is 9.89. The maximum absolute atomic E-state index is 13.9. The molecule has 1 aliphatic heterocycles. The minimum absolute atomic E-state index is 0.0798. The molecule has 0 unspecified atom stereocenters. The third kappa shape index (κ3) is 2.28. The van der Waals surface area contributed by atoms with Crippen molar-refractivity contribution in [1.29, 1.82) is 0 Å². The van der Waals surface area contributed by atoms with Crippen LogP contribution < -0.4 is 0 Å². The van der Waals surface area contributed by atoms with Gasteiger partial charge in [0.2, 0.25) is 0 Å². The van der Waals surface area contributed by atoms with E-state index in [0.29, 0.717) is 0 Å². The van der Waals surface area contributed by atoms with E-state index in [1.165, 1.54) is 18.2 Å². The molecule has 21 heavy (non-hydrogen) atoms. The second kappa shape index (κ2) is 4.91. The summed E-state index contributed by atoms with van der Waals surface area (Å²) >= 11 is 0. The fourth-order valence-corrected chi connectivity index (χ4v) is 2.56. The molecule has 0 aliphatic carbocycles. The van der Waals surface area contributed by atoms with Gasteiger partial charge in [-0.2, -0.15) is 8.78 Å². The molecule has 0 spiro atoms. The Morgan fingerprint density at radius 1 is 1.05 bits per heavy atom. The number of hydrogen-bond acceptors (Lipinski definition) is 1. The van der Waals surface area contributed by atoms with Gasteiger partial charge in [0.1, 0.15) is 11.9 Å². The molecule has 1 saturated heterocycles. The van der Waals surface area contributed by atoms with E-state index in [1.807, 2.05) is 0 Å². The van der Waals surface area contributed by atoms with Crippen molar-refractivity contribution >= 4 is 5.91 Å². The van der Waals surface area contributed by atoms with E-state index in [0.717, 1.165) is 16.5 Å². The van der Waals surface area contributed by atoms with E-state index >= 15 is 0 Å². The summed E-state index contributed by atoms with van der Waals surface area (Å²) in [6.45, 7) is 0.0798. The van der Waals surface area contributed by atoms with Gasteiger partial charge >= 0.3 is 5.92 Å². The number of hydrogen-bond donors (Lipinski definition) is 0. The first kappa shape index (κ1) is 13.7. The van der Waals surface area contributed by atoms with E-state index in [1.54, 1.807) is 30.3 Å². The first-order valence-corrected chi connectivity index (χ1v) is 6.48. The molecule has 1 amide bonds. The number of carbonyl (C=O) groups is 1. The van der Waals surface area contributed by atoms with E-state index < -0.39 is 23.7 Å². The number of benzene rings is 2. The van der Waals surface area contributed by atoms with Gasteiger partial charge in [-0.3, -0.25) is 4.79 Å². The molecule has 0 radical (unpaired) electrons. The highest BCUT2D eigenvalue weighted by Crippen LogP contribution is 2.48. The molecule has 2 nitrogen and oxygen atoms in total. The van der Waals surface area contributed by atoms with Crippen LogP contribution in [0.3, 0.4) is 0 Å². The maximum atomic E-state index is 13.9. The fraction of sp³-hybridized carbons (Fsp3) is 0.188. The number of amides is 1. The predicted octanol–water partition coefficient (Wildman–Crippen LogP) is 3.54. The second-order valence-corrected chi connectivity index (χ2v) is 5.00. The molecule has 2 aromatic carbocycles. The number of rotatable bonds is 3. The lowest BCUT2D eigenvalue weighted by Gasteiger charge is -2.46. The van der Waals surface area contributed by atoms with Crippen molar-refractivity contribution in [3.8, 4) is 0 Å². The van der Waals surface area contributed by atoms with Crippen molar-refractivity contribution in [1.82, 2.24) is 4.90 Å². The van der Waals surface area contributed by atoms with E-state index in [9.17, 15) is 18.0 Å². The molecule has 1 atom stereocenters. The highest BCUT2D eigenvalue weighted by atomic mass is 19.3. The Kier molecular flexibility index (Phi) is 3.20. The summed E-state index contributed by atoms with van der Waals surface area (Å²) in [5, 5.41) is 0. The average Bonchev–Trinajstić information content (AvgIpc) is 2.47. The maximum Gasteiger partial charge on any atom is 0.348 e. The SMILES string of the molecule is O=C1N(Cc2ccccc2)[C@@H](c2cccc(F)c2)C1(F)F. The number of β-lactam (4-membered cyclic amide) rings is 1. The van der Waals surface area contributed by atoms with Crippen LogP contribution >= 0.6 is 0 Å². The molecule has 108 valence electrons. The Balaban J connectivity index is 1.91. The Morgan fingerprint density at radius 2 is 1.76 bits per heavy atom. The van der Waals surface area contributed by atoms with Crippen molar-refractivity contribution in [2.75, 3.05) is 0 Å². The van der Waals surface area contributed by atoms with Crippen molar-refractivity contribution in [3.63, 3.8) is 0 Å². The van der Waals surface area contributed by atoms with Crippen molar-refractivity contribution in [2.24, 2.45) is 0 Å². The van der Waals surface area contributed by atoms with Crippen LogP contribution in [0.25, 0.3) is 0 Å². The van der Waals surface area contributed by atoms with Crippen molar-refractivity contribution in [3.05, 3.63) is 71.5 Å². The summed E-state index contributed by atoms with van der Waals surface area (Å²) in [5.41, 5.74) is 0.860. The normalized spacial score (nSPS) is 20.2. The molecule has 2 aromatic rings. The molecule has 0 N–H and O–H groups in total. The van der Waals surface area contributed by atoms with Crippen LogP contribution in [-0.2, 0) is 11.3 Å². The van der Waals surface area contributed by atoms with Crippen LogP contribution in [0.2, 0.25) is 0 Å². The first-order chi connectivity index (χ1) is 10.00. The van der Waals surface area contributed by atoms with Gasteiger partial charge < -0.3 is 4.90 Å². The largest absolute Gasteiger partial charge is 0.348 e. The van der Waals surface area contributed by atoms with Gasteiger partial charge in [0.05, 0.1) is 0 Å².